The Hall–Kier alpha value is -1.79. The Labute approximate surface area is 162 Å². The van der Waals surface area contributed by atoms with Crippen LogP contribution in [0.2, 0.25) is 0 Å². The summed E-state index contributed by atoms with van der Waals surface area (Å²) in [6.45, 7) is 12.4. The van der Waals surface area contributed by atoms with Gasteiger partial charge in [-0.2, -0.15) is 0 Å². The Balaban J connectivity index is 1.59. The van der Waals surface area contributed by atoms with E-state index in [4.69, 9.17) is 0 Å². The van der Waals surface area contributed by atoms with Crippen LogP contribution in [0, 0.1) is 5.41 Å². The Morgan fingerprint density at radius 2 is 1.93 bits per heavy atom. The Kier molecular flexibility index (Phi) is 4.80. The summed E-state index contributed by atoms with van der Waals surface area (Å²) >= 11 is 0. The van der Waals surface area contributed by atoms with Crippen LogP contribution in [0.3, 0.4) is 0 Å². The molecule has 0 radical (unpaired) electrons. The van der Waals surface area contributed by atoms with E-state index in [1.807, 2.05) is 18.5 Å². The van der Waals surface area contributed by atoms with Crippen LogP contribution >= 0.6 is 0 Å². The maximum Gasteiger partial charge on any atom is 0.166 e. The molecule has 1 spiro atoms. The van der Waals surface area contributed by atoms with E-state index in [1.165, 1.54) is 13.0 Å². The molecule has 0 bridgehead atoms. The van der Waals surface area contributed by atoms with Gasteiger partial charge < -0.3 is 9.47 Å². The van der Waals surface area contributed by atoms with Crippen LogP contribution in [0.5, 0.6) is 0 Å². The van der Waals surface area contributed by atoms with Gasteiger partial charge in [-0.15, -0.1) is 10.2 Å². The number of hydrogen-bond donors (Lipinski definition) is 0. The second-order valence-electron chi connectivity index (χ2n) is 9.57. The van der Waals surface area contributed by atoms with Gasteiger partial charge in [0.2, 0.25) is 0 Å². The topological polar surface area (TPSA) is 50.1 Å². The van der Waals surface area contributed by atoms with E-state index in [9.17, 15) is 0 Å². The van der Waals surface area contributed by atoms with Crippen molar-refractivity contribution in [3.05, 3.63) is 30.4 Å². The third-order valence-electron chi connectivity index (χ3n) is 6.06. The largest absolute Gasteiger partial charge is 0.303 e. The molecule has 0 amide bonds. The summed E-state index contributed by atoms with van der Waals surface area (Å²) in [5.74, 6) is 2.07. The molecular weight excluding hydrogens is 336 g/mol. The summed E-state index contributed by atoms with van der Waals surface area (Å²) in [5.41, 5.74) is 1.56. The number of fused-ring (bicyclic) bond motifs is 2. The summed E-state index contributed by atoms with van der Waals surface area (Å²) in [7, 11) is 2.20. The zero-order chi connectivity index (χ0) is 19.1. The van der Waals surface area contributed by atoms with Gasteiger partial charge in [0.25, 0.3) is 0 Å². The lowest BCUT2D eigenvalue weighted by atomic mass is 9.84. The van der Waals surface area contributed by atoms with Crippen molar-refractivity contribution >= 4 is 0 Å². The highest BCUT2D eigenvalue weighted by Gasteiger charge is 2.43. The summed E-state index contributed by atoms with van der Waals surface area (Å²) in [4.78, 5) is 9.34. The molecule has 1 saturated heterocycles. The standard InChI is InChI=1S/C21H32N6/c1-20(2,3)7-11-26-12-8-21(9-13-26)16-25(4)15-18-23-24-19(27(18)21)17-6-5-10-22-14-17/h5-6,10,14H,7-9,11-13,15-16H2,1-4H3. The van der Waals surface area contributed by atoms with Crippen molar-refractivity contribution in [2.75, 3.05) is 33.2 Å². The van der Waals surface area contributed by atoms with Gasteiger partial charge in [-0.25, -0.2) is 0 Å². The van der Waals surface area contributed by atoms with Crippen LogP contribution in [-0.2, 0) is 12.1 Å². The number of likely N-dealkylation sites (tertiary alicyclic amines) is 1. The smallest absolute Gasteiger partial charge is 0.166 e. The molecule has 0 aromatic carbocycles. The summed E-state index contributed by atoms with van der Waals surface area (Å²) in [5, 5.41) is 9.12. The fourth-order valence-electron chi connectivity index (χ4n) is 4.54. The lowest BCUT2D eigenvalue weighted by molar-refractivity contribution is 0.0482. The van der Waals surface area contributed by atoms with Gasteiger partial charge in [-0.1, -0.05) is 20.8 Å². The molecule has 2 aromatic heterocycles. The molecule has 2 aliphatic rings. The third-order valence-corrected chi connectivity index (χ3v) is 6.06. The van der Waals surface area contributed by atoms with Gasteiger partial charge in [0.15, 0.2) is 5.82 Å². The fourth-order valence-corrected chi connectivity index (χ4v) is 4.54. The van der Waals surface area contributed by atoms with Gasteiger partial charge >= 0.3 is 0 Å². The first kappa shape index (κ1) is 18.6. The quantitative estimate of drug-likeness (QED) is 0.833. The first-order valence-electron chi connectivity index (χ1n) is 10.1. The van der Waals surface area contributed by atoms with Crippen molar-refractivity contribution in [3.63, 3.8) is 0 Å². The molecule has 0 saturated carbocycles. The zero-order valence-corrected chi connectivity index (χ0v) is 17.1. The Morgan fingerprint density at radius 1 is 1.15 bits per heavy atom. The number of nitrogens with zero attached hydrogens (tertiary/aromatic N) is 6. The molecule has 2 aromatic rings. The average Bonchev–Trinajstić information content (AvgIpc) is 3.06. The molecule has 1 fully saturated rings. The number of likely N-dealkylation sites (N-methyl/N-ethyl adjacent to an activating group) is 1. The van der Waals surface area contributed by atoms with Crippen molar-refractivity contribution in [2.24, 2.45) is 5.41 Å². The highest BCUT2D eigenvalue weighted by Crippen LogP contribution is 2.39. The summed E-state index contributed by atoms with van der Waals surface area (Å²) in [6, 6.07) is 4.07. The molecule has 0 unspecified atom stereocenters. The van der Waals surface area contributed by atoms with Gasteiger partial charge in [-0.3, -0.25) is 9.88 Å². The minimum Gasteiger partial charge on any atom is -0.303 e. The number of aromatic nitrogens is 4. The highest BCUT2D eigenvalue weighted by molar-refractivity contribution is 5.54. The molecule has 6 nitrogen and oxygen atoms in total. The Morgan fingerprint density at radius 3 is 2.59 bits per heavy atom. The maximum atomic E-state index is 4.57. The lowest BCUT2D eigenvalue weighted by Gasteiger charge is -2.48. The molecule has 0 N–H and O–H groups in total. The second kappa shape index (κ2) is 6.99. The predicted molar refractivity (Wildman–Crippen MR) is 107 cm³/mol. The van der Waals surface area contributed by atoms with Gasteiger partial charge in [0.1, 0.15) is 5.82 Å². The van der Waals surface area contributed by atoms with Crippen LogP contribution in [0.4, 0.5) is 0 Å². The van der Waals surface area contributed by atoms with Crippen LogP contribution in [0.15, 0.2) is 24.5 Å². The molecule has 6 heteroatoms. The van der Waals surface area contributed by atoms with E-state index in [0.29, 0.717) is 5.41 Å². The van der Waals surface area contributed by atoms with Crippen molar-refractivity contribution < 1.29 is 0 Å². The molecular formula is C21H32N6. The van der Waals surface area contributed by atoms with E-state index < -0.39 is 0 Å². The first-order chi connectivity index (χ1) is 12.9. The van der Waals surface area contributed by atoms with Crippen molar-refractivity contribution in [3.8, 4) is 11.4 Å². The zero-order valence-electron chi connectivity index (χ0n) is 17.1. The third kappa shape index (κ3) is 3.78. The number of rotatable bonds is 3. The second-order valence-corrected chi connectivity index (χ2v) is 9.57. The normalized spacial score (nSPS) is 20.7. The minimum absolute atomic E-state index is 0.0925. The van der Waals surface area contributed by atoms with Crippen molar-refractivity contribution in [1.29, 1.82) is 0 Å². The molecule has 4 rings (SSSR count). The molecule has 0 atom stereocenters. The minimum atomic E-state index is 0.0925. The van der Waals surface area contributed by atoms with Crippen LogP contribution in [0.1, 0.15) is 45.9 Å². The van der Waals surface area contributed by atoms with E-state index in [0.717, 1.165) is 56.2 Å². The van der Waals surface area contributed by atoms with E-state index >= 15 is 0 Å². The predicted octanol–water partition coefficient (Wildman–Crippen LogP) is 3.01. The van der Waals surface area contributed by atoms with Crippen LogP contribution < -0.4 is 0 Å². The van der Waals surface area contributed by atoms with Crippen molar-refractivity contribution in [2.45, 2.75) is 52.1 Å². The number of pyridine rings is 1. The molecule has 4 heterocycles. The monoisotopic (exact) mass is 368 g/mol. The lowest BCUT2D eigenvalue weighted by Crippen LogP contribution is -2.55. The van der Waals surface area contributed by atoms with E-state index in [1.54, 1.807) is 0 Å². The van der Waals surface area contributed by atoms with E-state index in [2.05, 4.69) is 63.4 Å². The van der Waals surface area contributed by atoms with Gasteiger partial charge in [-0.05, 0) is 50.4 Å². The maximum absolute atomic E-state index is 4.57. The molecule has 146 valence electrons. The van der Waals surface area contributed by atoms with E-state index in [-0.39, 0.29) is 5.54 Å². The molecule has 0 aliphatic carbocycles. The van der Waals surface area contributed by atoms with Gasteiger partial charge in [0, 0.05) is 37.6 Å². The Bertz CT molecular complexity index is 768. The van der Waals surface area contributed by atoms with Gasteiger partial charge in [0.05, 0.1) is 12.1 Å². The summed E-state index contributed by atoms with van der Waals surface area (Å²) < 4.78 is 2.45. The number of hydrogen-bond acceptors (Lipinski definition) is 5. The average molecular weight is 369 g/mol. The summed E-state index contributed by atoms with van der Waals surface area (Å²) in [6.07, 6.45) is 7.27. The molecule has 2 aliphatic heterocycles. The van der Waals surface area contributed by atoms with Crippen molar-refractivity contribution in [1.82, 2.24) is 29.5 Å². The first-order valence-corrected chi connectivity index (χ1v) is 10.1. The SMILES string of the molecule is CN1Cc2nnc(-c3cccnc3)n2C2(CCN(CCC(C)(C)C)CC2)C1. The highest BCUT2D eigenvalue weighted by atomic mass is 15.4. The molecule has 27 heavy (non-hydrogen) atoms. The van der Waals surface area contributed by atoms with Crippen LogP contribution in [0.25, 0.3) is 11.4 Å². The number of piperidine rings is 1. The van der Waals surface area contributed by atoms with Crippen LogP contribution in [-0.4, -0.2) is 62.8 Å². The fraction of sp³-hybridized carbons (Fsp3) is 0.667.